The van der Waals surface area contributed by atoms with Crippen LogP contribution >= 0.6 is 15.9 Å². The molecule has 0 aliphatic heterocycles. The van der Waals surface area contributed by atoms with Crippen LogP contribution in [0.15, 0.2) is 12.1 Å². The van der Waals surface area contributed by atoms with Gasteiger partial charge in [-0.3, -0.25) is 0 Å². The van der Waals surface area contributed by atoms with Crippen LogP contribution in [0.3, 0.4) is 0 Å². The summed E-state index contributed by atoms with van der Waals surface area (Å²) < 4.78 is 18.6. The molecule has 0 N–H and O–H groups in total. The van der Waals surface area contributed by atoms with E-state index in [2.05, 4.69) is 22.9 Å². The van der Waals surface area contributed by atoms with E-state index in [0.717, 1.165) is 17.5 Å². The first-order valence-electron chi connectivity index (χ1n) is 4.64. The van der Waals surface area contributed by atoms with Crippen LogP contribution in [0, 0.1) is 11.7 Å². The average molecular weight is 259 g/mol. The first kappa shape index (κ1) is 9.97. The standard InChI is InChI=1S/C11H12BrFO/c1-6-3-8-9(11(6)12)4-7(14-2)5-10(8)13/h4-6,11H,3H2,1-2H3. The minimum Gasteiger partial charge on any atom is -0.497 e. The highest BCUT2D eigenvalue weighted by Crippen LogP contribution is 2.44. The zero-order chi connectivity index (χ0) is 10.3. The van der Waals surface area contributed by atoms with Crippen molar-refractivity contribution >= 4 is 15.9 Å². The lowest BCUT2D eigenvalue weighted by Crippen LogP contribution is -1.94. The van der Waals surface area contributed by atoms with Crippen molar-refractivity contribution in [1.29, 1.82) is 0 Å². The fourth-order valence-corrected chi connectivity index (χ4v) is 2.54. The molecule has 1 nitrogen and oxygen atoms in total. The molecule has 2 rings (SSSR count). The summed E-state index contributed by atoms with van der Waals surface area (Å²) in [5.74, 6) is 0.902. The molecule has 3 heteroatoms. The Morgan fingerprint density at radius 2 is 2.21 bits per heavy atom. The van der Waals surface area contributed by atoms with Crippen molar-refractivity contribution < 1.29 is 9.13 Å². The minimum absolute atomic E-state index is 0.145. The molecule has 76 valence electrons. The van der Waals surface area contributed by atoms with Gasteiger partial charge in [0.2, 0.25) is 0 Å². The summed E-state index contributed by atoms with van der Waals surface area (Å²) in [4.78, 5) is 0.252. The molecule has 0 amide bonds. The van der Waals surface area contributed by atoms with Gasteiger partial charge in [0.1, 0.15) is 11.6 Å². The fraction of sp³-hybridized carbons (Fsp3) is 0.455. The SMILES string of the molecule is COc1cc(F)c2c(c1)C(Br)C(C)C2. The Balaban J connectivity index is 2.52. The number of hydrogen-bond acceptors (Lipinski definition) is 1. The molecule has 1 aliphatic carbocycles. The van der Waals surface area contributed by atoms with Crippen molar-refractivity contribution in [3.63, 3.8) is 0 Å². The lowest BCUT2D eigenvalue weighted by molar-refractivity contribution is 0.410. The summed E-state index contributed by atoms with van der Waals surface area (Å²) in [6.45, 7) is 2.12. The van der Waals surface area contributed by atoms with Gasteiger partial charge >= 0.3 is 0 Å². The predicted molar refractivity (Wildman–Crippen MR) is 57.5 cm³/mol. The molecule has 0 heterocycles. The second-order valence-electron chi connectivity index (χ2n) is 3.76. The van der Waals surface area contributed by atoms with Gasteiger partial charge in [0, 0.05) is 10.9 Å². The topological polar surface area (TPSA) is 9.23 Å². The van der Waals surface area contributed by atoms with Crippen LogP contribution in [0.4, 0.5) is 4.39 Å². The average Bonchev–Trinajstić information content (AvgIpc) is 2.45. The maximum Gasteiger partial charge on any atom is 0.130 e. The molecule has 0 aromatic heterocycles. The van der Waals surface area contributed by atoms with E-state index >= 15 is 0 Å². The van der Waals surface area contributed by atoms with Crippen LogP contribution in [0.2, 0.25) is 0 Å². The van der Waals surface area contributed by atoms with E-state index in [-0.39, 0.29) is 10.6 Å². The number of halogens is 2. The Morgan fingerprint density at radius 3 is 2.86 bits per heavy atom. The lowest BCUT2D eigenvalue weighted by Gasteiger charge is -2.08. The van der Waals surface area contributed by atoms with Crippen molar-refractivity contribution in [2.45, 2.75) is 18.2 Å². The van der Waals surface area contributed by atoms with Gasteiger partial charge in [-0.05, 0) is 29.5 Å². The van der Waals surface area contributed by atoms with E-state index in [1.165, 1.54) is 6.07 Å². The first-order valence-corrected chi connectivity index (χ1v) is 5.55. The molecule has 0 fully saturated rings. The Labute approximate surface area is 91.4 Å². The van der Waals surface area contributed by atoms with Gasteiger partial charge in [-0.2, -0.15) is 0 Å². The molecule has 1 aromatic carbocycles. The highest BCUT2D eigenvalue weighted by Gasteiger charge is 2.30. The first-order chi connectivity index (χ1) is 6.63. The van der Waals surface area contributed by atoms with Crippen molar-refractivity contribution in [2.75, 3.05) is 7.11 Å². The fourth-order valence-electron chi connectivity index (χ4n) is 1.94. The Kier molecular flexibility index (Phi) is 2.52. The zero-order valence-electron chi connectivity index (χ0n) is 8.18. The zero-order valence-corrected chi connectivity index (χ0v) is 9.77. The second-order valence-corrected chi connectivity index (χ2v) is 4.75. The molecule has 14 heavy (non-hydrogen) atoms. The van der Waals surface area contributed by atoms with Crippen molar-refractivity contribution in [3.8, 4) is 5.75 Å². The number of alkyl halides is 1. The number of ether oxygens (including phenoxy) is 1. The third kappa shape index (κ3) is 1.44. The summed E-state index contributed by atoms with van der Waals surface area (Å²) in [5, 5.41) is 0. The molecule has 2 atom stereocenters. The van der Waals surface area contributed by atoms with E-state index < -0.39 is 0 Å². The van der Waals surface area contributed by atoms with Crippen molar-refractivity contribution in [2.24, 2.45) is 5.92 Å². The summed E-state index contributed by atoms with van der Waals surface area (Å²) >= 11 is 3.58. The molecular weight excluding hydrogens is 247 g/mol. The Morgan fingerprint density at radius 1 is 1.50 bits per heavy atom. The number of rotatable bonds is 1. The molecular formula is C11H12BrFO. The van der Waals surface area contributed by atoms with E-state index in [9.17, 15) is 4.39 Å². The smallest absolute Gasteiger partial charge is 0.130 e. The molecule has 1 aliphatic rings. The quantitative estimate of drug-likeness (QED) is 0.702. The van der Waals surface area contributed by atoms with Crippen LogP contribution < -0.4 is 4.74 Å². The van der Waals surface area contributed by atoms with Crippen LogP contribution in [0.1, 0.15) is 22.9 Å². The van der Waals surface area contributed by atoms with Gasteiger partial charge in [0.15, 0.2) is 0 Å². The summed E-state index contributed by atoms with van der Waals surface area (Å²) in [6, 6.07) is 3.37. The third-order valence-corrected chi connectivity index (χ3v) is 4.16. The minimum atomic E-state index is -0.145. The number of benzene rings is 1. The van der Waals surface area contributed by atoms with E-state index in [0.29, 0.717) is 11.7 Å². The van der Waals surface area contributed by atoms with Crippen LogP contribution in [0.25, 0.3) is 0 Å². The molecule has 2 unspecified atom stereocenters. The number of hydrogen-bond donors (Lipinski definition) is 0. The highest BCUT2D eigenvalue weighted by molar-refractivity contribution is 9.09. The molecule has 0 bridgehead atoms. The third-order valence-electron chi connectivity index (χ3n) is 2.76. The maximum absolute atomic E-state index is 13.6. The molecule has 0 radical (unpaired) electrons. The van der Waals surface area contributed by atoms with Crippen molar-refractivity contribution in [3.05, 3.63) is 29.1 Å². The summed E-state index contributed by atoms with van der Waals surface area (Å²) in [6.07, 6.45) is 0.807. The van der Waals surface area contributed by atoms with E-state index in [1.807, 2.05) is 6.07 Å². The van der Waals surface area contributed by atoms with Crippen LogP contribution in [-0.2, 0) is 6.42 Å². The Bertz CT molecular complexity index is 365. The molecule has 0 spiro atoms. The number of fused-ring (bicyclic) bond motifs is 1. The van der Waals surface area contributed by atoms with Gasteiger partial charge in [0.05, 0.1) is 7.11 Å². The predicted octanol–water partition coefficient (Wildman–Crippen LogP) is 3.46. The summed E-state index contributed by atoms with van der Waals surface area (Å²) in [7, 11) is 1.56. The van der Waals surface area contributed by atoms with E-state index in [4.69, 9.17) is 4.74 Å². The molecule has 1 aromatic rings. The van der Waals surface area contributed by atoms with Crippen molar-refractivity contribution in [1.82, 2.24) is 0 Å². The maximum atomic E-state index is 13.6. The normalized spacial score (nSPS) is 24.9. The van der Waals surface area contributed by atoms with Gasteiger partial charge in [0.25, 0.3) is 0 Å². The van der Waals surface area contributed by atoms with Gasteiger partial charge in [-0.15, -0.1) is 0 Å². The second kappa shape index (κ2) is 3.54. The van der Waals surface area contributed by atoms with Gasteiger partial charge in [-0.25, -0.2) is 4.39 Å². The summed E-state index contributed by atoms with van der Waals surface area (Å²) in [5.41, 5.74) is 1.87. The van der Waals surface area contributed by atoms with Gasteiger partial charge < -0.3 is 4.74 Å². The molecule has 0 saturated carbocycles. The van der Waals surface area contributed by atoms with Crippen LogP contribution in [-0.4, -0.2) is 7.11 Å². The molecule has 0 saturated heterocycles. The van der Waals surface area contributed by atoms with Gasteiger partial charge in [-0.1, -0.05) is 22.9 Å². The number of methoxy groups -OCH3 is 1. The Hall–Kier alpha value is -0.570. The van der Waals surface area contributed by atoms with E-state index in [1.54, 1.807) is 7.11 Å². The largest absolute Gasteiger partial charge is 0.497 e. The highest BCUT2D eigenvalue weighted by atomic mass is 79.9. The monoisotopic (exact) mass is 258 g/mol. The van der Waals surface area contributed by atoms with Crippen LogP contribution in [0.5, 0.6) is 5.75 Å². The lowest BCUT2D eigenvalue weighted by atomic mass is 10.1.